The van der Waals surface area contributed by atoms with E-state index in [-0.39, 0.29) is 11.2 Å². The number of aryl methyl sites for hydroxylation is 2. The summed E-state index contributed by atoms with van der Waals surface area (Å²) < 4.78 is 0. The Morgan fingerprint density at radius 2 is 1.90 bits per heavy atom. The lowest BCUT2D eigenvalue weighted by Crippen LogP contribution is -2.50. The highest BCUT2D eigenvalue weighted by Gasteiger charge is 2.26. The molecule has 1 aliphatic heterocycles. The molecule has 5 nitrogen and oxygen atoms in total. The van der Waals surface area contributed by atoms with Gasteiger partial charge in [-0.15, -0.1) is 11.3 Å². The van der Waals surface area contributed by atoms with Gasteiger partial charge in [0.15, 0.2) is 0 Å². The normalized spacial score (nSPS) is 16.2. The van der Waals surface area contributed by atoms with Crippen LogP contribution in [0, 0.1) is 6.92 Å². The van der Waals surface area contributed by atoms with Crippen molar-refractivity contribution in [3.8, 4) is 0 Å². The van der Waals surface area contributed by atoms with Gasteiger partial charge in [-0.05, 0) is 31.9 Å². The van der Waals surface area contributed by atoms with Crippen molar-refractivity contribution in [3.63, 3.8) is 0 Å². The van der Waals surface area contributed by atoms with Crippen molar-refractivity contribution < 1.29 is 4.79 Å². The number of thioether (sulfide) groups is 1. The van der Waals surface area contributed by atoms with Crippen LogP contribution < -0.4 is 0 Å². The molecule has 30 heavy (non-hydrogen) atoms. The fourth-order valence-corrected chi connectivity index (χ4v) is 5.88. The number of hydrogen-bond acceptors (Lipinski definition) is 6. The molecule has 4 rings (SSSR count). The van der Waals surface area contributed by atoms with E-state index in [2.05, 4.69) is 52.1 Å². The van der Waals surface area contributed by atoms with Crippen LogP contribution in [0.3, 0.4) is 0 Å². The minimum Gasteiger partial charge on any atom is -0.339 e. The molecule has 1 aromatic carbocycles. The van der Waals surface area contributed by atoms with Crippen LogP contribution in [0.5, 0.6) is 0 Å². The molecule has 7 heteroatoms. The summed E-state index contributed by atoms with van der Waals surface area (Å²) in [6.07, 6.45) is 0.992. The monoisotopic (exact) mass is 440 g/mol. The van der Waals surface area contributed by atoms with Gasteiger partial charge in [-0.25, -0.2) is 9.97 Å². The molecule has 1 fully saturated rings. The molecular formula is C23H28N4OS2. The Labute approximate surface area is 186 Å². The predicted molar refractivity (Wildman–Crippen MR) is 125 cm³/mol. The Morgan fingerprint density at radius 3 is 2.60 bits per heavy atom. The number of rotatable bonds is 6. The molecule has 158 valence electrons. The first-order chi connectivity index (χ1) is 14.5. The molecule has 0 spiro atoms. The zero-order valence-corrected chi connectivity index (χ0v) is 19.4. The lowest BCUT2D eigenvalue weighted by atomic mass is 10.2. The first-order valence-corrected chi connectivity index (χ1v) is 12.2. The van der Waals surface area contributed by atoms with Crippen LogP contribution in [0.1, 0.15) is 30.1 Å². The number of amides is 1. The number of aromatic nitrogens is 2. The van der Waals surface area contributed by atoms with Gasteiger partial charge in [0.05, 0.1) is 5.25 Å². The van der Waals surface area contributed by atoms with Crippen LogP contribution >= 0.6 is 23.1 Å². The van der Waals surface area contributed by atoms with Crippen LogP contribution in [0.15, 0.2) is 41.4 Å². The van der Waals surface area contributed by atoms with E-state index in [1.165, 1.54) is 10.4 Å². The fourth-order valence-electron chi connectivity index (χ4n) is 3.75. The maximum Gasteiger partial charge on any atom is 0.235 e. The van der Waals surface area contributed by atoms with Crippen LogP contribution in [0.25, 0.3) is 10.2 Å². The third-order valence-corrected chi connectivity index (χ3v) is 7.70. The molecule has 3 heterocycles. The summed E-state index contributed by atoms with van der Waals surface area (Å²) in [5.41, 5.74) is 1.33. The molecule has 0 bridgehead atoms. The van der Waals surface area contributed by atoms with Gasteiger partial charge in [-0.3, -0.25) is 9.69 Å². The van der Waals surface area contributed by atoms with E-state index in [1.54, 1.807) is 23.1 Å². The number of hydrogen-bond donors (Lipinski definition) is 0. The summed E-state index contributed by atoms with van der Waals surface area (Å²) in [7, 11) is 0. The summed E-state index contributed by atoms with van der Waals surface area (Å²) in [5, 5.41) is 1.85. The smallest absolute Gasteiger partial charge is 0.235 e. The Morgan fingerprint density at radius 1 is 1.17 bits per heavy atom. The Balaban J connectivity index is 1.38. The molecule has 0 radical (unpaired) electrons. The van der Waals surface area contributed by atoms with Crippen molar-refractivity contribution in [3.05, 3.63) is 52.7 Å². The second-order valence-electron chi connectivity index (χ2n) is 7.71. The molecule has 2 aromatic heterocycles. The minimum atomic E-state index is -0.159. The summed E-state index contributed by atoms with van der Waals surface area (Å²) in [6.45, 7) is 10.4. The van der Waals surface area contributed by atoms with Gasteiger partial charge in [-0.2, -0.15) is 0 Å². The highest BCUT2D eigenvalue weighted by molar-refractivity contribution is 8.00. The first kappa shape index (κ1) is 21.3. The molecule has 1 atom stereocenters. The van der Waals surface area contributed by atoms with Gasteiger partial charge in [0.1, 0.15) is 15.7 Å². The predicted octanol–water partition coefficient (Wildman–Crippen LogP) is 4.39. The summed E-state index contributed by atoms with van der Waals surface area (Å²) in [4.78, 5) is 29.1. The fraction of sp³-hybridized carbons (Fsp3) is 0.435. The first-order valence-electron chi connectivity index (χ1n) is 10.5. The van der Waals surface area contributed by atoms with E-state index < -0.39 is 0 Å². The van der Waals surface area contributed by atoms with E-state index in [0.29, 0.717) is 0 Å². The largest absolute Gasteiger partial charge is 0.339 e. The summed E-state index contributed by atoms with van der Waals surface area (Å²) in [6, 6.07) is 12.7. The highest BCUT2D eigenvalue weighted by atomic mass is 32.2. The molecule has 1 amide bonds. The third kappa shape index (κ3) is 4.85. The van der Waals surface area contributed by atoms with Crippen LogP contribution in [0.4, 0.5) is 0 Å². The number of benzene rings is 1. The lowest BCUT2D eigenvalue weighted by Gasteiger charge is -2.35. The molecule has 1 aliphatic rings. The molecule has 1 unspecified atom stereocenters. The summed E-state index contributed by atoms with van der Waals surface area (Å²) >= 11 is 3.29. The van der Waals surface area contributed by atoms with Crippen molar-refractivity contribution in [2.24, 2.45) is 0 Å². The van der Waals surface area contributed by atoms with Crippen molar-refractivity contribution in [2.75, 3.05) is 26.2 Å². The van der Waals surface area contributed by atoms with Crippen molar-refractivity contribution >= 4 is 39.2 Å². The summed E-state index contributed by atoms with van der Waals surface area (Å²) in [5.74, 6) is 0.971. The number of thiophene rings is 1. The highest BCUT2D eigenvalue weighted by Crippen LogP contribution is 2.34. The molecular weight excluding hydrogens is 412 g/mol. The number of piperazine rings is 1. The lowest BCUT2D eigenvalue weighted by molar-refractivity contribution is -0.132. The minimum absolute atomic E-state index is 0.159. The number of nitrogens with zero attached hydrogens (tertiary/aromatic N) is 4. The van der Waals surface area contributed by atoms with Crippen LogP contribution in [-0.2, 0) is 17.8 Å². The molecule has 0 N–H and O–H groups in total. The van der Waals surface area contributed by atoms with E-state index in [4.69, 9.17) is 0 Å². The topological polar surface area (TPSA) is 49.3 Å². The maximum atomic E-state index is 13.1. The SMILES string of the molecule is CCc1cc2c(SC(C)C(=O)N3CCN(Cc4ccccc4)CC3)nc(C)nc2s1. The third-order valence-electron chi connectivity index (χ3n) is 5.44. The zero-order chi connectivity index (χ0) is 21.1. The Hall–Kier alpha value is -1.96. The van der Waals surface area contributed by atoms with E-state index in [9.17, 15) is 4.79 Å². The van der Waals surface area contributed by atoms with Crippen LogP contribution in [0.2, 0.25) is 0 Å². The molecule has 1 saturated heterocycles. The van der Waals surface area contributed by atoms with Gasteiger partial charge in [0.2, 0.25) is 5.91 Å². The Kier molecular flexibility index (Phi) is 6.71. The van der Waals surface area contributed by atoms with Gasteiger partial charge in [0, 0.05) is 43.0 Å². The number of carbonyl (C=O) groups excluding carboxylic acids is 1. The second kappa shape index (κ2) is 9.45. The van der Waals surface area contributed by atoms with E-state index in [0.717, 1.165) is 60.2 Å². The number of carbonyl (C=O) groups is 1. The molecule has 3 aromatic rings. The van der Waals surface area contributed by atoms with Crippen molar-refractivity contribution in [1.29, 1.82) is 0 Å². The molecule has 0 aliphatic carbocycles. The van der Waals surface area contributed by atoms with Gasteiger partial charge < -0.3 is 4.90 Å². The standard InChI is InChI=1S/C23H28N4OS2/c1-4-19-14-20-21(24-17(3)25-22(20)30-19)29-16(2)23(28)27-12-10-26(11-13-27)15-18-8-6-5-7-9-18/h5-9,14,16H,4,10-13,15H2,1-3H3. The number of fused-ring (bicyclic) bond motifs is 1. The maximum absolute atomic E-state index is 13.1. The second-order valence-corrected chi connectivity index (χ2v) is 10.2. The average molecular weight is 441 g/mol. The van der Waals surface area contributed by atoms with Gasteiger partial charge >= 0.3 is 0 Å². The zero-order valence-electron chi connectivity index (χ0n) is 17.8. The van der Waals surface area contributed by atoms with E-state index in [1.807, 2.05) is 24.8 Å². The van der Waals surface area contributed by atoms with Gasteiger partial charge in [0.25, 0.3) is 0 Å². The van der Waals surface area contributed by atoms with Crippen molar-refractivity contribution in [1.82, 2.24) is 19.8 Å². The van der Waals surface area contributed by atoms with Crippen molar-refractivity contribution in [2.45, 2.75) is 44.0 Å². The molecule has 0 saturated carbocycles. The van der Waals surface area contributed by atoms with Gasteiger partial charge in [-0.1, -0.05) is 49.0 Å². The van der Waals surface area contributed by atoms with E-state index >= 15 is 0 Å². The average Bonchev–Trinajstić information content (AvgIpc) is 3.18. The quantitative estimate of drug-likeness (QED) is 0.420. The Bertz CT molecular complexity index is 1010. The van der Waals surface area contributed by atoms with Crippen LogP contribution in [-0.4, -0.2) is 57.1 Å².